The van der Waals surface area contributed by atoms with Crippen molar-refractivity contribution in [1.82, 2.24) is 10.2 Å². The van der Waals surface area contributed by atoms with Crippen LogP contribution in [0.15, 0.2) is 18.2 Å². The van der Waals surface area contributed by atoms with Crippen LogP contribution in [-0.2, 0) is 0 Å². The van der Waals surface area contributed by atoms with Crippen molar-refractivity contribution in [3.63, 3.8) is 0 Å². The first-order valence-corrected chi connectivity index (χ1v) is 5.40. The van der Waals surface area contributed by atoms with Crippen LogP contribution < -0.4 is 10.6 Å². The van der Waals surface area contributed by atoms with E-state index in [4.69, 9.17) is 12.2 Å². The van der Waals surface area contributed by atoms with Crippen LogP contribution in [0.5, 0.6) is 0 Å². The van der Waals surface area contributed by atoms with Crippen molar-refractivity contribution >= 4 is 34.8 Å². The van der Waals surface area contributed by atoms with Crippen molar-refractivity contribution in [1.29, 1.82) is 0 Å². The molecule has 1 heterocycles. The van der Waals surface area contributed by atoms with Crippen molar-refractivity contribution < 1.29 is 9.59 Å². The Morgan fingerprint density at radius 1 is 1.24 bits per heavy atom. The van der Waals surface area contributed by atoms with Gasteiger partial charge in [-0.25, -0.2) is 0 Å². The van der Waals surface area contributed by atoms with Gasteiger partial charge in [0, 0.05) is 19.8 Å². The Morgan fingerprint density at radius 2 is 1.88 bits per heavy atom. The number of fused-ring (bicyclic) bond motifs is 1. The molecule has 1 aliphatic heterocycles. The van der Waals surface area contributed by atoms with Crippen LogP contribution in [0.3, 0.4) is 0 Å². The largest absolute Gasteiger partial charge is 0.366 e. The molecule has 0 atom stereocenters. The van der Waals surface area contributed by atoms with E-state index in [-0.39, 0.29) is 11.8 Å². The predicted octanol–water partition coefficient (Wildman–Crippen LogP) is 0.829. The fourth-order valence-electron chi connectivity index (χ4n) is 1.63. The molecule has 0 fully saturated rings. The summed E-state index contributed by atoms with van der Waals surface area (Å²) in [4.78, 5) is 24.5. The molecular formula is C11H11N3O2S. The molecular weight excluding hydrogens is 238 g/mol. The minimum atomic E-state index is -0.288. The maximum absolute atomic E-state index is 11.7. The first-order chi connectivity index (χ1) is 8.04. The topological polar surface area (TPSA) is 61.4 Å². The molecule has 2 N–H and O–H groups in total. The van der Waals surface area contributed by atoms with Gasteiger partial charge in [0.15, 0.2) is 5.11 Å². The fraction of sp³-hybridized carbons (Fsp3) is 0.182. The van der Waals surface area contributed by atoms with Gasteiger partial charge in [0.05, 0.1) is 11.1 Å². The molecule has 0 saturated heterocycles. The molecule has 1 aromatic carbocycles. The summed E-state index contributed by atoms with van der Waals surface area (Å²) in [6.45, 7) is 0. The quantitative estimate of drug-likeness (QED) is 0.570. The summed E-state index contributed by atoms with van der Waals surface area (Å²) in [5.74, 6) is -0.559. The van der Waals surface area contributed by atoms with Gasteiger partial charge < -0.3 is 10.6 Å². The highest BCUT2D eigenvalue weighted by molar-refractivity contribution is 7.80. The smallest absolute Gasteiger partial charge is 0.261 e. The van der Waals surface area contributed by atoms with E-state index in [9.17, 15) is 9.59 Å². The maximum atomic E-state index is 11.7. The van der Waals surface area contributed by atoms with Gasteiger partial charge in [-0.3, -0.25) is 14.5 Å². The van der Waals surface area contributed by atoms with Crippen LogP contribution in [0.2, 0.25) is 0 Å². The molecule has 0 unspecified atom stereocenters. The summed E-state index contributed by atoms with van der Waals surface area (Å²) in [7, 11) is 3.17. The van der Waals surface area contributed by atoms with E-state index < -0.39 is 0 Å². The highest BCUT2D eigenvalue weighted by Crippen LogP contribution is 2.24. The number of imide groups is 1. The Balaban J connectivity index is 2.36. The molecule has 0 aliphatic carbocycles. The zero-order valence-electron chi connectivity index (χ0n) is 9.40. The second kappa shape index (κ2) is 4.14. The second-order valence-corrected chi connectivity index (χ2v) is 4.04. The Kier molecular flexibility index (Phi) is 2.81. The van der Waals surface area contributed by atoms with Gasteiger partial charge in [0.1, 0.15) is 0 Å². The van der Waals surface area contributed by atoms with E-state index in [0.717, 1.165) is 4.90 Å². The first-order valence-electron chi connectivity index (χ1n) is 4.99. The van der Waals surface area contributed by atoms with Crippen LogP contribution in [0.25, 0.3) is 0 Å². The number of nitrogens with one attached hydrogen (secondary N) is 2. The monoisotopic (exact) mass is 249 g/mol. The number of nitrogens with zero attached hydrogens (tertiary/aromatic N) is 1. The number of amides is 2. The SMILES string of the molecule is CNC(=S)Nc1ccc2c(c1)C(=O)N(C)C2=O. The number of anilines is 1. The molecule has 0 spiro atoms. The Morgan fingerprint density at radius 3 is 2.53 bits per heavy atom. The summed E-state index contributed by atoms with van der Waals surface area (Å²) in [6, 6.07) is 4.97. The Hall–Kier alpha value is -1.95. The number of hydrogen-bond donors (Lipinski definition) is 2. The minimum absolute atomic E-state index is 0.271. The summed E-state index contributed by atoms with van der Waals surface area (Å²) in [5, 5.41) is 6.13. The number of hydrogen-bond acceptors (Lipinski definition) is 3. The van der Waals surface area contributed by atoms with Gasteiger partial charge in [0.25, 0.3) is 11.8 Å². The van der Waals surface area contributed by atoms with E-state index in [2.05, 4.69) is 10.6 Å². The first kappa shape index (κ1) is 11.5. The molecule has 2 amide bonds. The zero-order chi connectivity index (χ0) is 12.6. The highest BCUT2D eigenvalue weighted by Gasteiger charge is 2.32. The van der Waals surface area contributed by atoms with Gasteiger partial charge in [-0.05, 0) is 30.4 Å². The molecule has 0 radical (unpaired) electrons. The third-order valence-electron chi connectivity index (χ3n) is 2.57. The summed E-state index contributed by atoms with van der Waals surface area (Å²) < 4.78 is 0. The normalized spacial score (nSPS) is 13.6. The van der Waals surface area contributed by atoms with Crippen molar-refractivity contribution in [3.8, 4) is 0 Å². The number of carbonyl (C=O) groups is 2. The summed E-state index contributed by atoms with van der Waals surface area (Å²) in [6.07, 6.45) is 0. The second-order valence-electron chi connectivity index (χ2n) is 3.63. The number of thiocarbonyl (C=S) groups is 1. The molecule has 5 nitrogen and oxygen atoms in total. The maximum Gasteiger partial charge on any atom is 0.261 e. The number of rotatable bonds is 1. The minimum Gasteiger partial charge on any atom is -0.366 e. The zero-order valence-corrected chi connectivity index (χ0v) is 10.2. The average molecular weight is 249 g/mol. The third-order valence-corrected chi connectivity index (χ3v) is 2.88. The Bertz CT molecular complexity index is 527. The van der Waals surface area contributed by atoms with Crippen LogP contribution in [0, 0.1) is 0 Å². The molecule has 0 saturated carbocycles. The van der Waals surface area contributed by atoms with Gasteiger partial charge >= 0.3 is 0 Å². The third kappa shape index (κ3) is 1.87. The van der Waals surface area contributed by atoms with Gasteiger partial charge in [0.2, 0.25) is 0 Å². The van der Waals surface area contributed by atoms with Crippen molar-refractivity contribution in [2.75, 3.05) is 19.4 Å². The Labute approximate surface area is 104 Å². The number of carbonyl (C=O) groups excluding carboxylic acids is 2. The molecule has 1 aromatic rings. The lowest BCUT2D eigenvalue weighted by atomic mass is 10.1. The fourth-order valence-corrected chi connectivity index (χ4v) is 1.75. The number of benzene rings is 1. The predicted molar refractivity (Wildman–Crippen MR) is 68.1 cm³/mol. The van der Waals surface area contributed by atoms with E-state index in [1.165, 1.54) is 7.05 Å². The summed E-state index contributed by atoms with van der Waals surface area (Å²) in [5.41, 5.74) is 1.51. The molecule has 2 rings (SSSR count). The average Bonchev–Trinajstić information content (AvgIpc) is 2.54. The van der Waals surface area contributed by atoms with Gasteiger partial charge in [-0.2, -0.15) is 0 Å². The van der Waals surface area contributed by atoms with Crippen molar-refractivity contribution in [2.24, 2.45) is 0 Å². The van der Waals surface area contributed by atoms with Crippen molar-refractivity contribution in [3.05, 3.63) is 29.3 Å². The lowest BCUT2D eigenvalue weighted by Crippen LogP contribution is -2.24. The molecule has 0 aromatic heterocycles. The van der Waals surface area contributed by atoms with Crippen LogP contribution in [-0.4, -0.2) is 35.9 Å². The lowest BCUT2D eigenvalue weighted by molar-refractivity contribution is 0.0693. The lowest BCUT2D eigenvalue weighted by Gasteiger charge is -2.07. The van der Waals surface area contributed by atoms with Crippen LogP contribution in [0.1, 0.15) is 20.7 Å². The molecule has 0 bridgehead atoms. The van der Waals surface area contributed by atoms with Crippen LogP contribution in [0.4, 0.5) is 5.69 Å². The van der Waals surface area contributed by atoms with E-state index >= 15 is 0 Å². The van der Waals surface area contributed by atoms with Crippen molar-refractivity contribution in [2.45, 2.75) is 0 Å². The standard InChI is InChI=1S/C11H11N3O2S/c1-12-11(17)13-6-3-4-7-8(5-6)10(16)14(2)9(7)15/h3-5H,1-2H3,(H2,12,13,17). The molecule has 88 valence electrons. The summed E-state index contributed by atoms with van der Waals surface area (Å²) >= 11 is 4.96. The van der Waals surface area contributed by atoms with Crippen LogP contribution >= 0.6 is 12.2 Å². The molecule has 6 heteroatoms. The van der Waals surface area contributed by atoms with E-state index in [1.807, 2.05) is 0 Å². The van der Waals surface area contributed by atoms with E-state index in [1.54, 1.807) is 25.2 Å². The molecule has 17 heavy (non-hydrogen) atoms. The highest BCUT2D eigenvalue weighted by atomic mass is 32.1. The van der Waals surface area contributed by atoms with Gasteiger partial charge in [-0.15, -0.1) is 0 Å². The van der Waals surface area contributed by atoms with Gasteiger partial charge in [-0.1, -0.05) is 0 Å². The van der Waals surface area contributed by atoms with E-state index in [0.29, 0.717) is 21.9 Å². The molecule has 1 aliphatic rings.